The molecular weight excluding hydrogens is 259 g/mol. The molecule has 0 fully saturated rings. The summed E-state index contributed by atoms with van der Waals surface area (Å²) in [6, 6.07) is 1.31. The summed E-state index contributed by atoms with van der Waals surface area (Å²) in [7, 11) is 0. The normalized spacial score (nSPS) is 12.8. The van der Waals surface area contributed by atoms with Crippen LogP contribution in [0.3, 0.4) is 0 Å². The van der Waals surface area contributed by atoms with E-state index in [0.29, 0.717) is 5.69 Å². The standard InChI is InChI=1S/C10H11F5N2O/c1-3-17-7(4-6(2)16-17)5-8(18)9(11,12)10(13,14)15/h4H,3,5H2,1-2H3. The number of aryl methyl sites for hydroxylation is 2. The second-order valence-electron chi connectivity index (χ2n) is 3.76. The van der Waals surface area contributed by atoms with Crippen LogP contribution in [0.5, 0.6) is 0 Å². The monoisotopic (exact) mass is 270 g/mol. The van der Waals surface area contributed by atoms with Crippen LogP contribution < -0.4 is 0 Å². The highest BCUT2D eigenvalue weighted by atomic mass is 19.4. The van der Waals surface area contributed by atoms with E-state index < -0.39 is 24.3 Å². The van der Waals surface area contributed by atoms with Gasteiger partial charge in [0.15, 0.2) is 0 Å². The molecule has 8 heteroatoms. The molecule has 102 valence electrons. The number of nitrogens with zero attached hydrogens (tertiary/aromatic N) is 2. The molecule has 0 radical (unpaired) electrons. The number of hydrogen-bond acceptors (Lipinski definition) is 2. The van der Waals surface area contributed by atoms with Crippen LogP contribution >= 0.6 is 0 Å². The fourth-order valence-corrected chi connectivity index (χ4v) is 1.45. The molecule has 1 heterocycles. The van der Waals surface area contributed by atoms with Crippen LogP contribution in [0.25, 0.3) is 0 Å². The van der Waals surface area contributed by atoms with E-state index in [1.165, 1.54) is 10.7 Å². The lowest BCUT2D eigenvalue weighted by Crippen LogP contribution is -2.45. The Hall–Kier alpha value is -1.47. The molecule has 0 spiro atoms. The third kappa shape index (κ3) is 2.68. The summed E-state index contributed by atoms with van der Waals surface area (Å²) in [5, 5.41) is 3.86. The SMILES string of the molecule is CCn1nc(C)cc1CC(=O)C(F)(F)C(F)(F)F. The highest BCUT2D eigenvalue weighted by Crippen LogP contribution is 2.36. The minimum absolute atomic E-state index is 0.0453. The fourth-order valence-electron chi connectivity index (χ4n) is 1.45. The van der Waals surface area contributed by atoms with Crippen LogP contribution in [0.2, 0.25) is 0 Å². The van der Waals surface area contributed by atoms with E-state index in [2.05, 4.69) is 5.10 Å². The van der Waals surface area contributed by atoms with Crippen molar-refractivity contribution in [2.24, 2.45) is 0 Å². The van der Waals surface area contributed by atoms with Gasteiger partial charge < -0.3 is 0 Å². The Morgan fingerprint density at radius 2 is 1.89 bits per heavy atom. The van der Waals surface area contributed by atoms with Gasteiger partial charge in [-0.05, 0) is 19.9 Å². The molecular formula is C10H11F5N2O. The van der Waals surface area contributed by atoms with Crippen molar-refractivity contribution in [3.05, 3.63) is 17.5 Å². The van der Waals surface area contributed by atoms with Crippen molar-refractivity contribution < 1.29 is 26.7 Å². The minimum Gasteiger partial charge on any atom is -0.292 e. The predicted octanol–water partition coefficient (Wildman–Crippen LogP) is 2.52. The molecule has 0 bridgehead atoms. The lowest BCUT2D eigenvalue weighted by molar-refractivity contribution is -0.268. The molecule has 0 aliphatic carbocycles. The number of halogens is 5. The highest BCUT2D eigenvalue weighted by molar-refractivity contribution is 5.88. The van der Waals surface area contributed by atoms with Crippen LogP contribution in [0.15, 0.2) is 6.07 Å². The van der Waals surface area contributed by atoms with E-state index in [9.17, 15) is 26.7 Å². The second kappa shape index (κ2) is 4.66. The number of hydrogen-bond donors (Lipinski definition) is 0. The van der Waals surface area contributed by atoms with Gasteiger partial charge in [0, 0.05) is 12.2 Å². The third-order valence-corrected chi connectivity index (χ3v) is 2.33. The molecule has 0 aromatic carbocycles. The molecule has 1 aromatic rings. The summed E-state index contributed by atoms with van der Waals surface area (Å²) in [5.41, 5.74) is 0.499. The van der Waals surface area contributed by atoms with Gasteiger partial charge in [0.2, 0.25) is 5.78 Å². The number of ketones is 1. The van der Waals surface area contributed by atoms with Crippen molar-refractivity contribution in [1.82, 2.24) is 9.78 Å². The second-order valence-corrected chi connectivity index (χ2v) is 3.76. The zero-order valence-corrected chi connectivity index (χ0v) is 9.68. The topological polar surface area (TPSA) is 34.9 Å². The lowest BCUT2D eigenvalue weighted by Gasteiger charge is -2.18. The number of carbonyl (C=O) groups is 1. The van der Waals surface area contributed by atoms with Gasteiger partial charge in [-0.25, -0.2) is 0 Å². The minimum atomic E-state index is -5.86. The van der Waals surface area contributed by atoms with Gasteiger partial charge in [-0.1, -0.05) is 0 Å². The van der Waals surface area contributed by atoms with Crippen molar-refractivity contribution in [3.63, 3.8) is 0 Å². The average molecular weight is 270 g/mol. The maximum absolute atomic E-state index is 12.7. The van der Waals surface area contributed by atoms with Gasteiger partial charge in [-0.15, -0.1) is 0 Å². The Kier molecular flexibility index (Phi) is 3.78. The summed E-state index contributed by atoms with van der Waals surface area (Å²) in [6.07, 6.45) is -6.86. The number of aromatic nitrogens is 2. The maximum atomic E-state index is 12.7. The molecule has 0 aliphatic rings. The molecule has 0 N–H and O–H groups in total. The van der Waals surface area contributed by atoms with Crippen molar-refractivity contribution in [2.45, 2.75) is 38.9 Å². The quantitative estimate of drug-likeness (QED) is 0.788. The van der Waals surface area contributed by atoms with Gasteiger partial charge in [-0.3, -0.25) is 9.48 Å². The molecule has 0 atom stereocenters. The largest absolute Gasteiger partial charge is 0.461 e. The molecule has 0 saturated carbocycles. The van der Waals surface area contributed by atoms with Gasteiger partial charge in [-0.2, -0.15) is 27.1 Å². The van der Waals surface area contributed by atoms with Gasteiger partial charge in [0.25, 0.3) is 0 Å². The van der Waals surface area contributed by atoms with Crippen molar-refractivity contribution >= 4 is 5.78 Å². The van der Waals surface area contributed by atoms with Crippen LogP contribution in [0.4, 0.5) is 22.0 Å². The van der Waals surface area contributed by atoms with Crippen LogP contribution in [-0.2, 0) is 17.8 Å². The average Bonchev–Trinajstić information content (AvgIpc) is 2.56. The van der Waals surface area contributed by atoms with Crippen molar-refractivity contribution in [2.75, 3.05) is 0 Å². The molecule has 18 heavy (non-hydrogen) atoms. The predicted molar refractivity (Wildman–Crippen MR) is 52.4 cm³/mol. The maximum Gasteiger partial charge on any atom is 0.461 e. The molecule has 0 saturated heterocycles. The Morgan fingerprint density at radius 1 is 1.33 bits per heavy atom. The van der Waals surface area contributed by atoms with Crippen molar-refractivity contribution in [1.29, 1.82) is 0 Å². The smallest absolute Gasteiger partial charge is 0.292 e. The van der Waals surface area contributed by atoms with E-state index in [0.717, 1.165) is 0 Å². The van der Waals surface area contributed by atoms with Crippen LogP contribution in [-0.4, -0.2) is 27.7 Å². The molecule has 3 nitrogen and oxygen atoms in total. The fraction of sp³-hybridized carbons (Fsp3) is 0.600. The number of Topliss-reactive ketones (excluding diaryl/α,β-unsaturated/α-hetero) is 1. The van der Waals surface area contributed by atoms with E-state index >= 15 is 0 Å². The van der Waals surface area contributed by atoms with E-state index in [-0.39, 0.29) is 12.2 Å². The molecule has 1 rings (SSSR count). The first-order valence-corrected chi connectivity index (χ1v) is 5.10. The lowest BCUT2D eigenvalue weighted by atomic mass is 10.1. The Bertz CT molecular complexity index is 450. The van der Waals surface area contributed by atoms with Crippen molar-refractivity contribution in [3.8, 4) is 0 Å². The molecule has 1 aromatic heterocycles. The van der Waals surface area contributed by atoms with E-state index in [1.807, 2.05) is 0 Å². The molecule has 0 aliphatic heterocycles. The molecule has 0 amide bonds. The van der Waals surface area contributed by atoms with Gasteiger partial charge in [0.05, 0.1) is 12.1 Å². The summed E-state index contributed by atoms with van der Waals surface area (Å²) in [4.78, 5) is 11.0. The third-order valence-electron chi connectivity index (χ3n) is 2.33. The number of carbonyl (C=O) groups excluding carboxylic acids is 1. The molecule has 0 unspecified atom stereocenters. The zero-order chi connectivity index (χ0) is 14.1. The first-order valence-electron chi connectivity index (χ1n) is 5.10. The Morgan fingerprint density at radius 3 is 2.33 bits per heavy atom. The summed E-state index contributed by atoms with van der Waals surface area (Å²) >= 11 is 0. The van der Waals surface area contributed by atoms with Gasteiger partial charge in [0.1, 0.15) is 0 Å². The summed E-state index contributed by atoms with van der Waals surface area (Å²) < 4.78 is 62.7. The van der Waals surface area contributed by atoms with E-state index in [1.54, 1.807) is 13.8 Å². The summed E-state index contributed by atoms with van der Waals surface area (Å²) in [5.74, 6) is -7.51. The zero-order valence-electron chi connectivity index (χ0n) is 9.68. The van der Waals surface area contributed by atoms with Crippen LogP contribution in [0, 0.1) is 6.92 Å². The van der Waals surface area contributed by atoms with E-state index in [4.69, 9.17) is 0 Å². The number of rotatable bonds is 4. The van der Waals surface area contributed by atoms with Crippen LogP contribution in [0.1, 0.15) is 18.3 Å². The Balaban J connectivity index is 2.94. The first kappa shape index (κ1) is 14.6. The summed E-state index contributed by atoms with van der Waals surface area (Å²) in [6.45, 7) is 3.48. The number of alkyl halides is 5. The van der Waals surface area contributed by atoms with Gasteiger partial charge >= 0.3 is 12.1 Å². The highest BCUT2D eigenvalue weighted by Gasteiger charge is 2.62. The first-order chi connectivity index (χ1) is 8.09. The Labute approximate surface area is 99.6 Å².